The highest BCUT2D eigenvalue weighted by Crippen LogP contribution is 2.31. The SMILES string of the molecule is CCOC(=O)[C@@H]1CCCCC1NC(=O)C(Cc1ccccc1)c1cccc2ccc(C(=N)N)cc12. The molecular weight excluding hydrogens is 438 g/mol. The third-order valence-electron chi connectivity index (χ3n) is 6.88. The van der Waals surface area contributed by atoms with E-state index in [0.717, 1.165) is 47.6 Å². The van der Waals surface area contributed by atoms with Crippen LogP contribution in [0.2, 0.25) is 0 Å². The van der Waals surface area contributed by atoms with Gasteiger partial charge in [0.2, 0.25) is 5.91 Å². The molecule has 4 N–H and O–H groups in total. The molecule has 6 heteroatoms. The fourth-order valence-corrected chi connectivity index (χ4v) is 5.08. The van der Waals surface area contributed by atoms with Gasteiger partial charge < -0.3 is 15.8 Å². The molecule has 1 aliphatic carbocycles. The van der Waals surface area contributed by atoms with Gasteiger partial charge >= 0.3 is 5.97 Å². The second-order valence-electron chi connectivity index (χ2n) is 9.20. The summed E-state index contributed by atoms with van der Waals surface area (Å²) in [5, 5.41) is 13.0. The fourth-order valence-electron chi connectivity index (χ4n) is 5.08. The maximum Gasteiger partial charge on any atom is 0.311 e. The van der Waals surface area contributed by atoms with Gasteiger partial charge in [-0.25, -0.2) is 0 Å². The lowest BCUT2D eigenvalue weighted by Gasteiger charge is -2.32. The molecule has 2 unspecified atom stereocenters. The lowest BCUT2D eigenvalue weighted by molar-refractivity contribution is -0.150. The van der Waals surface area contributed by atoms with Crippen LogP contribution in [0.5, 0.6) is 0 Å². The molecule has 3 atom stereocenters. The number of esters is 1. The van der Waals surface area contributed by atoms with Gasteiger partial charge in [0.15, 0.2) is 0 Å². The number of hydrogen-bond acceptors (Lipinski definition) is 4. The van der Waals surface area contributed by atoms with Crippen LogP contribution >= 0.6 is 0 Å². The van der Waals surface area contributed by atoms with Crippen molar-refractivity contribution in [2.45, 2.75) is 51.0 Å². The molecule has 0 saturated heterocycles. The van der Waals surface area contributed by atoms with E-state index in [-0.39, 0.29) is 29.7 Å². The van der Waals surface area contributed by atoms with E-state index in [1.54, 1.807) is 6.92 Å². The van der Waals surface area contributed by atoms with Crippen LogP contribution in [0.3, 0.4) is 0 Å². The monoisotopic (exact) mass is 471 g/mol. The molecule has 0 spiro atoms. The summed E-state index contributed by atoms with van der Waals surface area (Å²) in [7, 11) is 0. The van der Waals surface area contributed by atoms with Gasteiger partial charge in [-0.2, -0.15) is 0 Å². The number of carbonyl (C=O) groups is 2. The number of nitrogens with one attached hydrogen (secondary N) is 2. The number of ether oxygens (including phenoxy) is 1. The van der Waals surface area contributed by atoms with Crippen LogP contribution in [-0.2, 0) is 20.7 Å². The molecular formula is C29H33N3O3. The summed E-state index contributed by atoms with van der Waals surface area (Å²) in [5.41, 5.74) is 8.33. The quantitative estimate of drug-likeness (QED) is 0.252. The Kier molecular flexibility index (Phi) is 7.80. The van der Waals surface area contributed by atoms with E-state index >= 15 is 0 Å². The highest BCUT2D eigenvalue weighted by atomic mass is 16.5. The molecule has 1 amide bonds. The molecule has 0 bridgehead atoms. The van der Waals surface area contributed by atoms with Crippen molar-refractivity contribution in [2.75, 3.05) is 6.61 Å². The first kappa shape index (κ1) is 24.5. The number of hydrogen-bond donors (Lipinski definition) is 3. The van der Waals surface area contributed by atoms with E-state index in [1.165, 1.54) is 0 Å². The topological polar surface area (TPSA) is 105 Å². The van der Waals surface area contributed by atoms with Crippen LogP contribution in [0.4, 0.5) is 0 Å². The van der Waals surface area contributed by atoms with E-state index in [2.05, 4.69) is 5.32 Å². The Bertz CT molecular complexity index is 1210. The van der Waals surface area contributed by atoms with Gasteiger partial charge in [0, 0.05) is 11.6 Å². The molecule has 3 aromatic carbocycles. The summed E-state index contributed by atoms with van der Waals surface area (Å²) in [5.74, 6) is -1.12. The smallest absolute Gasteiger partial charge is 0.311 e. The van der Waals surface area contributed by atoms with Crippen molar-refractivity contribution in [2.24, 2.45) is 11.7 Å². The number of nitrogen functional groups attached to an aromatic ring is 1. The zero-order valence-corrected chi connectivity index (χ0v) is 20.1. The van der Waals surface area contributed by atoms with E-state index in [1.807, 2.05) is 66.7 Å². The first-order chi connectivity index (χ1) is 17.0. The lowest BCUT2D eigenvalue weighted by atomic mass is 9.83. The van der Waals surface area contributed by atoms with Crippen molar-refractivity contribution < 1.29 is 14.3 Å². The van der Waals surface area contributed by atoms with Crippen LogP contribution in [0, 0.1) is 11.3 Å². The molecule has 182 valence electrons. The average molecular weight is 472 g/mol. The normalized spacial score (nSPS) is 18.5. The van der Waals surface area contributed by atoms with E-state index in [9.17, 15) is 9.59 Å². The molecule has 1 fully saturated rings. The molecule has 0 heterocycles. The number of nitrogens with two attached hydrogens (primary N) is 1. The van der Waals surface area contributed by atoms with Gasteiger partial charge in [-0.1, -0.05) is 73.5 Å². The van der Waals surface area contributed by atoms with Crippen LogP contribution < -0.4 is 11.1 Å². The zero-order valence-electron chi connectivity index (χ0n) is 20.1. The van der Waals surface area contributed by atoms with Crippen molar-refractivity contribution in [3.8, 4) is 0 Å². The van der Waals surface area contributed by atoms with Gasteiger partial charge in [-0.15, -0.1) is 0 Å². The molecule has 4 rings (SSSR count). The second kappa shape index (κ2) is 11.2. The predicted molar refractivity (Wildman–Crippen MR) is 138 cm³/mol. The Balaban J connectivity index is 1.71. The highest BCUT2D eigenvalue weighted by Gasteiger charge is 2.35. The number of fused-ring (bicyclic) bond motifs is 1. The van der Waals surface area contributed by atoms with Crippen LogP contribution in [0.25, 0.3) is 10.8 Å². The fraction of sp³-hybridized carbons (Fsp3) is 0.345. The number of carbonyl (C=O) groups excluding carboxylic acids is 2. The minimum absolute atomic E-state index is 0.00903. The summed E-state index contributed by atoms with van der Waals surface area (Å²) in [6, 6.07) is 21.3. The molecule has 1 aliphatic rings. The number of benzene rings is 3. The van der Waals surface area contributed by atoms with Crippen LogP contribution in [0.15, 0.2) is 66.7 Å². The first-order valence-corrected chi connectivity index (χ1v) is 12.4. The van der Waals surface area contributed by atoms with Crippen LogP contribution in [-0.4, -0.2) is 30.4 Å². The summed E-state index contributed by atoms with van der Waals surface area (Å²) in [4.78, 5) is 26.5. The van der Waals surface area contributed by atoms with Crippen molar-refractivity contribution in [3.05, 3.63) is 83.4 Å². The second-order valence-corrected chi connectivity index (χ2v) is 9.20. The van der Waals surface area contributed by atoms with Crippen molar-refractivity contribution in [1.82, 2.24) is 5.32 Å². The van der Waals surface area contributed by atoms with Crippen LogP contribution in [0.1, 0.15) is 55.2 Å². The largest absolute Gasteiger partial charge is 0.466 e. The Labute approximate surface area is 206 Å². The van der Waals surface area contributed by atoms with E-state index < -0.39 is 5.92 Å². The molecule has 1 saturated carbocycles. The minimum atomic E-state index is -0.465. The zero-order chi connectivity index (χ0) is 24.8. The Morgan fingerprint density at radius 3 is 2.57 bits per heavy atom. The average Bonchev–Trinajstić information content (AvgIpc) is 2.87. The maximum atomic E-state index is 13.9. The number of amides is 1. The maximum absolute atomic E-state index is 13.9. The van der Waals surface area contributed by atoms with Gasteiger partial charge in [0.05, 0.1) is 18.4 Å². The van der Waals surface area contributed by atoms with Crippen molar-refractivity contribution >= 4 is 28.5 Å². The molecule has 0 aromatic heterocycles. The molecule has 6 nitrogen and oxygen atoms in total. The number of amidine groups is 1. The van der Waals surface area contributed by atoms with Gasteiger partial charge in [0.1, 0.15) is 5.84 Å². The van der Waals surface area contributed by atoms with Gasteiger partial charge in [-0.3, -0.25) is 15.0 Å². The molecule has 3 aromatic rings. The summed E-state index contributed by atoms with van der Waals surface area (Å²) in [6.07, 6.45) is 3.94. The summed E-state index contributed by atoms with van der Waals surface area (Å²) in [6.45, 7) is 2.14. The number of rotatable bonds is 8. The molecule has 0 aliphatic heterocycles. The Hall–Kier alpha value is -3.67. The van der Waals surface area contributed by atoms with E-state index in [0.29, 0.717) is 18.6 Å². The van der Waals surface area contributed by atoms with Crippen molar-refractivity contribution in [1.29, 1.82) is 5.41 Å². The van der Waals surface area contributed by atoms with Gasteiger partial charge in [0.25, 0.3) is 0 Å². The minimum Gasteiger partial charge on any atom is -0.466 e. The third kappa shape index (κ3) is 5.70. The first-order valence-electron chi connectivity index (χ1n) is 12.4. The van der Waals surface area contributed by atoms with Gasteiger partial charge in [-0.05, 0) is 54.2 Å². The predicted octanol–water partition coefficient (Wildman–Crippen LogP) is 4.69. The summed E-state index contributed by atoms with van der Waals surface area (Å²) < 4.78 is 5.31. The molecule has 35 heavy (non-hydrogen) atoms. The lowest BCUT2D eigenvalue weighted by Crippen LogP contribution is -2.47. The third-order valence-corrected chi connectivity index (χ3v) is 6.88. The molecule has 0 radical (unpaired) electrons. The van der Waals surface area contributed by atoms with Crippen molar-refractivity contribution in [3.63, 3.8) is 0 Å². The summed E-state index contributed by atoms with van der Waals surface area (Å²) >= 11 is 0. The highest BCUT2D eigenvalue weighted by molar-refractivity contribution is 6.01. The Morgan fingerprint density at radius 1 is 1.06 bits per heavy atom. The Morgan fingerprint density at radius 2 is 1.83 bits per heavy atom. The van der Waals surface area contributed by atoms with E-state index in [4.69, 9.17) is 15.9 Å². The standard InChI is InChI=1S/C29H33N3O3/c1-2-35-29(34)23-12-6-7-14-26(23)32-28(33)25(17-19-9-4-3-5-10-19)22-13-8-11-20-15-16-21(27(30)31)18-24(20)22/h3-5,8-11,13,15-16,18,23,25-26H,2,6-7,12,14,17H2,1H3,(H3,30,31)(H,32,33)/t23-,25?,26?/m1/s1.